The molecule has 0 heteroatoms. The van der Waals surface area contributed by atoms with Gasteiger partial charge in [-0.15, -0.1) is 0 Å². The van der Waals surface area contributed by atoms with Gasteiger partial charge in [-0.05, 0) is 49.4 Å². The van der Waals surface area contributed by atoms with Gasteiger partial charge in [-0.3, -0.25) is 0 Å². The predicted octanol–water partition coefficient (Wildman–Crippen LogP) is 5.68. The van der Waals surface area contributed by atoms with Crippen molar-refractivity contribution in [3.63, 3.8) is 0 Å². The Morgan fingerprint density at radius 3 is 2.25 bits per heavy atom. The summed E-state index contributed by atoms with van der Waals surface area (Å²) in [5, 5.41) is 7.98. The second-order valence-corrected chi connectivity index (χ2v) is 6.63. The molecule has 0 bridgehead atoms. The number of benzene rings is 4. The molecule has 0 atom stereocenters. The monoisotopic (exact) mass is 257 g/mol. The SMILES string of the molecule is CC(C)(C)c1ccc2ccc3[c]ccc4ccc1c2c34. The Morgan fingerprint density at radius 1 is 0.750 bits per heavy atom. The van der Waals surface area contributed by atoms with E-state index in [-0.39, 0.29) is 5.41 Å². The molecule has 97 valence electrons. The van der Waals surface area contributed by atoms with Gasteiger partial charge in [0.05, 0.1) is 0 Å². The largest absolute Gasteiger partial charge is 0.0573 e. The highest BCUT2D eigenvalue weighted by Crippen LogP contribution is 2.38. The van der Waals surface area contributed by atoms with Gasteiger partial charge in [-0.25, -0.2) is 0 Å². The van der Waals surface area contributed by atoms with Crippen molar-refractivity contribution in [3.8, 4) is 0 Å². The molecule has 0 saturated heterocycles. The third kappa shape index (κ3) is 1.48. The highest BCUT2D eigenvalue weighted by atomic mass is 14.2. The van der Waals surface area contributed by atoms with Crippen LogP contribution in [-0.2, 0) is 5.41 Å². The number of rotatable bonds is 0. The molecule has 0 spiro atoms. The normalized spacial score (nSPS) is 12.8. The summed E-state index contributed by atoms with van der Waals surface area (Å²) in [6.45, 7) is 6.85. The minimum Gasteiger partial charge on any atom is -0.0573 e. The topological polar surface area (TPSA) is 0 Å². The van der Waals surface area contributed by atoms with E-state index in [1.165, 1.54) is 37.9 Å². The van der Waals surface area contributed by atoms with E-state index in [1.807, 2.05) is 6.07 Å². The fourth-order valence-corrected chi connectivity index (χ4v) is 3.31. The van der Waals surface area contributed by atoms with Crippen LogP contribution in [0.1, 0.15) is 26.3 Å². The summed E-state index contributed by atoms with van der Waals surface area (Å²) in [5.41, 5.74) is 1.58. The van der Waals surface area contributed by atoms with Gasteiger partial charge in [0, 0.05) is 0 Å². The van der Waals surface area contributed by atoms with E-state index < -0.39 is 0 Å². The van der Waals surface area contributed by atoms with Crippen LogP contribution in [0.15, 0.2) is 48.5 Å². The molecule has 0 amide bonds. The highest BCUT2D eigenvalue weighted by molar-refractivity contribution is 6.23. The first-order chi connectivity index (χ1) is 9.55. The lowest BCUT2D eigenvalue weighted by Gasteiger charge is -2.23. The van der Waals surface area contributed by atoms with E-state index in [9.17, 15) is 0 Å². The lowest BCUT2D eigenvalue weighted by Crippen LogP contribution is -2.11. The zero-order valence-corrected chi connectivity index (χ0v) is 12.1. The molecule has 1 radical (unpaired) electrons. The van der Waals surface area contributed by atoms with Crippen molar-refractivity contribution < 1.29 is 0 Å². The van der Waals surface area contributed by atoms with Crippen LogP contribution in [0.25, 0.3) is 32.3 Å². The first kappa shape index (κ1) is 11.7. The summed E-state index contributed by atoms with van der Waals surface area (Å²) in [7, 11) is 0. The summed E-state index contributed by atoms with van der Waals surface area (Å²) in [6, 6.07) is 21.0. The molecule has 0 saturated carbocycles. The Kier molecular flexibility index (Phi) is 2.18. The molecule has 0 nitrogen and oxygen atoms in total. The van der Waals surface area contributed by atoms with Crippen molar-refractivity contribution in [3.05, 3.63) is 60.2 Å². The third-order valence-corrected chi connectivity index (χ3v) is 4.25. The van der Waals surface area contributed by atoms with Crippen molar-refractivity contribution in [1.29, 1.82) is 0 Å². The average molecular weight is 257 g/mol. The minimum atomic E-state index is 0.159. The van der Waals surface area contributed by atoms with Gasteiger partial charge in [0.2, 0.25) is 0 Å². The number of hydrogen-bond acceptors (Lipinski definition) is 0. The van der Waals surface area contributed by atoms with Crippen LogP contribution in [0.4, 0.5) is 0 Å². The molecule has 0 aliphatic heterocycles. The zero-order chi connectivity index (χ0) is 13.9. The molecule has 0 aromatic heterocycles. The summed E-state index contributed by atoms with van der Waals surface area (Å²) in [6.07, 6.45) is 0. The number of hydrogen-bond donors (Lipinski definition) is 0. The van der Waals surface area contributed by atoms with Crippen LogP contribution in [0.5, 0.6) is 0 Å². The van der Waals surface area contributed by atoms with Crippen LogP contribution in [0, 0.1) is 6.07 Å². The lowest BCUT2D eigenvalue weighted by molar-refractivity contribution is 0.596. The van der Waals surface area contributed by atoms with E-state index in [0.717, 1.165) is 0 Å². The molecular weight excluding hydrogens is 240 g/mol. The van der Waals surface area contributed by atoms with Gasteiger partial charge in [0.1, 0.15) is 0 Å². The Hall–Kier alpha value is -2.08. The second-order valence-electron chi connectivity index (χ2n) is 6.63. The maximum absolute atomic E-state index is 3.37. The minimum absolute atomic E-state index is 0.159. The first-order valence-electron chi connectivity index (χ1n) is 7.14. The molecule has 0 N–H and O–H groups in total. The molecule has 0 aliphatic rings. The van der Waals surface area contributed by atoms with E-state index in [4.69, 9.17) is 0 Å². The molecule has 0 aliphatic carbocycles. The van der Waals surface area contributed by atoms with Gasteiger partial charge in [-0.2, -0.15) is 0 Å². The molecular formula is C20H17. The van der Waals surface area contributed by atoms with Crippen LogP contribution in [0.3, 0.4) is 0 Å². The molecule has 0 unspecified atom stereocenters. The van der Waals surface area contributed by atoms with Crippen LogP contribution in [-0.4, -0.2) is 0 Å². The Labute approximate surface area is 119 Å². The van der Waals surface area contributed by atoms with Crippen molar-refractivity contribution in [2.75, 3.05) is 0 Å². The van der Waals surface area contributed by atoms with Crippen molar-refractivity contribution >= 4 is 32.3 Å². The van der Waals surface area contributed by atoms with Gasteiger partial charge in [0.25, 0.3) is 0 Å². The summed E-state index contributed by atoms with van der Waals surface area (Å²) >= 11 is 0. The molecule has 4 aromatic carbocycles. The van der Waals surface area contributed by atoms with E-state index in [1.54, 1.807) is 0 Å². The Bertz CT molecular complexity index is 907. The van der Waals surface area contributed by atoms with E-state index in [0.29, 0.717) is 0 Å². The van der Waals surface area contributed by atoms with Crippen LogP contribution >= 0.6 is 0 Å². The lowest BCUT2D eigenvalue weighted by atomic mass is 9.81. The van der Waals surface area contributed by atoms with Gasteiger partial charge >= 0.3 is 0 Å². The smallest absolute Gasteiger partial charge is 0.00205 e. The third-order valence-electron chi connectivity index (χ3n) is 4.25. The van der Waals surface area contributed by atoms with Gasteiger partial charge in [-0.1, -0.05) is 69.3 Å². The maximum atomic E-state index is 3.37. The van der Waals surface area contributed by atoms with Gasteiger partial charge < -0.3 is 0 Å². The molecule has 0 fully saturated rings. The summed E-state index contributed by atoms with van der Waals surface area (Å²) < 4.78 is 0. The quantitative estimate of drug-likeness (QED) is 0.355. The molecule has 4 rings (SSSR count). The second kappa shape index (κ2) is 3.73. The van der Waals surface area contributed by atoms with Crippen LogP contribution < -0.4 is 0 Å². The van der Waals surface area contributed by atoms with E-state index in [2.05, 4.69) is 69.3 Å². The molecule has 0 heterocycles. The zero-order valence-electron chi connectivity index (χ0n) is 12.1. The summed E-state index contributed by atoms with van der Waals surface area (Å²) in [5.74, 6) is 0. The maximum Gasteiger partial charge on any atom is -0.00205 e. The fraction of sp³-hybridized carbons (Fsp3) is 0.200. The molecule has 20 heavy (non-hydrogen) atoms. The molecule has 4 aromatic rings. The van der Waals surface area contributed by atoms with Crippen molar-refractivity contribution in [2.45, 2.75) is 26.2 Å². The van der Waals surface area contributed by atoms with Crippen LogP contribution in [0.2, 0.25) is 0 Å². The standard InChI is InChI=1S/C20H17/c1-20(2,3)17-12-10-15-8-7-13-5-4-6-14-9-11-16(17)19(15)18(13)14/h4,6-12H,1-3H3. The van der Waals surface area contributed by atoms with Crippen molar-refractivity contribution in [2.24, 2.45) is 0 Å². The Balaban J connectivity index is 2.32. The Morgan fingerprint density at radius 2 is 1.45 bits per heavy atom. The van der Waals surface area contributed by atoms with Crippen molar-refractivity contribution in [1.82, 2.24) is 0 Å². The highest BCUT2D eigenvalue weighted by Gasteiger charge is 2.18. The van der Waals surface area contributed by atoms with Gasteiger partial charge in [0.15, 0.2) is 0 Å². The first-order valence-corrected chi connectivity index (χ1v) is 7.14. The predicted molar refractivity (Wildman–Crippen MR) is 87.7 cm³/mol. The summed E-state index contributed by atoms with van der Waals surface area (Å²) in [4.78, 5) is 0. The van der Waals surface area contributed by atoms with E-state index >= 15 is 0 Å². The average Bonchev–Trinajstić information content (AvgIpc) is 2.43. The fourth-order valence-electron chi connectivity index (χ4n) is 3.31.